The van der Waals surface area contributed by atoms with Gasteiger partial charge in [0, 0.05) is 12.1 Å². The summed E-state index contributed by atoms with van der Waals surface area (Å²) in [4.78, 5) is 9.73. The third kappa shape index (κ3) is 4.12. The molecular weight excluding hydrogens is 223 g/mol. The number of hydrogen-bond acceptors (Lipinski definition) is 2. The van der Waals surface area contributed by atoms with Gasteiger partial charge < -0.3 is 0 Å². The first-order valence-corrected chi connectivity index (χ1v) is 4.36. The largest absolute Gasteiger partial charge is 0.392 e. The maximum Gasteiger partial charge on any atom is 0.392 e. The zero-order chi connectivity index (χ0) is 12.2. The molecule has 0 bridgehead atoms. The summed E-state index contributed by atoms with van der Waals surface area (Å²) in [6, 6.07) is 5.27. The number of halogens is 3. The van der Waals surface area contributed by atoms with Gasteiger partial charge in [-0.1, -0.05) is 12.2 Å². The summed E-state index contributed by atoms with van der Waals surface area (Å²) in [6.45, 7) is 0. The van der Waals surface area contributed by atoms with Crippen LogP contribution in [0.1, 0.15) is 12.0 Å². The van der Waals surface area contributed by atoms with Crippen LogP contribution < -0.4 is 0 Å². The lowest BCUT2D eigenvalue weighted by atomic mass is 10.2. The van der Waals surface area contributed by atoms with Gasteiger partial charge in [0.1, 0.15) is 0 Å². The Morgan fingerprint density at radius 3 is 2.25 bits per heavy atom. The highest BCUT2D eigenvalue weighted by Crippen LogP contribution is 2.21. The molecule has 0 aliphatic carbocycles. The first kappa shape index (κ1) is 12.2. The molecule has 0 saturated carbocycles. The predicted molar refractivity (Wildman–Crippen MR) is 52.8 cm³/mol. The topological polar surface area (TPSA) is 43.1 Å². The lowest BCUT2D eigenvalue weighted by Crippen LogP contribution is -2.03. The van der Waals surface area contributed by atoms with Crippen molar-refractivity contribution in [2.24, 2.45) is 0 Å². The number of rotatable bonds is 3. The van der Waals surface area contributed by atoms with E-state index in [1.165, 1.54) is 30.3 Å². The van der Waals surface area contributed by atoms with Gasteiger partial charge in [0.15, 0.2) is 0 Å². The van der Waals surface area contributed by atoms with Crippen LogP contribution in [0.25, 0.3) is 6.08 Å². The van der Waals surface area contributed by atoms with Crippen molar-refractivity contribution in [3.63, 3.8) is 0 Å². The Balaban J connectivity index is 2.65. The third-order valence-corrected chi connectivity index (χ3v) is 1.76. The van der Waals surface area contributed by atoms with Crippen LogP contribution in [-0.4, -0.2) is 11.1 Å². The standard InChI is InChI=1S/C10H8F3NO2/c11-10(12,13)7-1-2-8-3-5-9(6-4-8)14(15)16/h1-6H,7H2. The second-order valence-electron chi connectivity index (χ2n) is 3.07. The lowest BCUT2D eigenvalue weighted by molar-refractivity contribution is -0.384. The SMILES string of the molecule is O=[N+]([O-])c1ccc(C=CCC(F)(F)F)cc1. The normalized spacial score (nSPS) is 11.9. The molecular formula is C10H8F3NO2. The number of nitro groups is 1. The molecule has 0 atom stereocenters. The molecule has 0 unspecified atom stereocenters. The van der Waals surface area contributed by atoms with Crippen LogP contribution in [0.5, 0.6) is 0 Å². The molecule has 0 heterocycles. The van der Waals surface area contributed by atoms with Crippen molar-refractivity contribution in [2.45, 2.75) is 12.6 Å². The Bertz CT molecular complexity index is 396. The highest BCUT2D eigenvalue weighted by atomic mass is 19.4. The summed E-state index contributed by atoms with van der Waals surface area (Å²) in [7, 11) is 0. The fourth-order valence-electron chi connectivity index (χ4n) is 1.04. The van der Waals surface area contributed by atoms with E-state index >= 15 is 0 Å². The van der Waals surface area contributed by atoms with Gasteiger partial charge in [0.2, 0.25) is 0 Å². The molecule has 0 fully saturated rings. The van der Waals surface area contributed by atoms with Gasteiger partial charge in [0.25, 0.3) is 5.69 Å². The highest BCUT2D eigenvalue weighted by molar-refractivity contribution is 5.51. The van der Waals surface area contributed by atoms with Gasteiger partial charge in [0.05, 0.1) is 11.3 Å². The second-order valence-corrected chi connectivity index (χ2v) is 3.07. The minimum Gasteiger partial charge on any atom is -0.258 e. The summed E-state index contributed by atoms with van der Waals surface area (Å²) in [6.07, 6.45) is -2.99. The highest BCUT2D eigenvalue weighted by Gasteiger charge is 2.24. The van der Waals surface area contributed by atoms with E-state index in [0.717, 1.165) is 6.08 Å². The molecule has 0 aliphatic rings. The molecule has 0 spiro atoms. The smallest absolute Gasteiger partial charge is 0.258 e. The van der Waals surface area contributed by atoms with Crippen molar-refractivity contribution in [3.8, 4) is 0 Å². The van der Waals surface area contributed by atoms with Crippen molar-refractivity contribution in [2.75, 3.05) is 0 Å². The number of alkyl halides is 3. The summed E-state index contributed by atoms with van der Waals surface area (Å²) >= 11 is 0. The van der Waals surface area contributed by atoms with Crippen LogP contribution in [0.4, 0.5) is 18.9 Å². The molecule has 0 amide bonds. The Labute approximate surface area is 89.4 Å². The quantitative estimate of drug-likeness (QED) is 0.589. The van der Waals surface area contributed by atoms with E-state index in [1.54, 1.807) is 0 Å². The first-order chi connectivity index (χ1) is 7.38. The Morgan fingerprint density at radius 2 is 1.81 bits per heavy atom. The van der Waals surface area contributed by atoms with E-state index in [9.17, 15) is 23.3 Å². The van der Waals surface area contributed by atoms with Gasteiger partial charge in [-0.2, -0.15) is 13.2 Å². The maximum atomic E-state index is 11.8. The van der Waals surface area contributed by atoms with Crippen molar-refractivity contribution in [1.82, 2.24) is 0 Å². The summed E-state index contributed by atoms with van der Waals surface area (Å²) < 4.78 is 35.4. The van der Waals surface area contributed by atoms with Crippen LogP contribution in [0, 0.1) is 10.1 Å². The van der Waals surface area contributed by atoms with Crippen LogP contribution in [0.3, 0.4) is 0 Å². The number of benzene rings is 1. The molecule has 6 heteroatoms. The molecule has 86 valence electrons. The van der Waals surface area contributed by atoms with E-state index in [2.05, 4.69) is 0 Å². The third-order valence-electron chi connectivity index (χ3n) is 1.76. The fraction of sp³-hybridized carbons (Fsp3) is 0.200. The number of nitro benzene ring substituents is 1. The molecule has 1 aromatic carbocycles. The van der Waals surface area contributed by atoms with Gasteiger partial charge in [-0.15, -0.1) is 0 Å². The van der Waals surface area contributed by atoms with Crippen LogP contribution in [-0.2, 0) is 0 Å². The number of allylic oxidation sites excluding steroid dienone is 1. The molecule has 0 aromatic heterocycles. The van der Waals surface area contributed by atoms with Gasteiger partial charge in [-0.05, 0) is 17.7 Å². The van der Waals surface area contributed by atoms with E-state index in [1.807, 2.05) is 0 Å². The minimum absolute atomic E-state index is 0.0898. The van der Waals surface area contributed by atoms with Crippen LogP contribution >= 0.6 is 0 Å². The van der Waals surface area contributed by atoms with Gasteiger partial charge in [-0.3, -0.25) is 10.1 Å². The molecule has 1 rings (SSSR count). The van der Waals surface area contributed by atoms with E-state index in [4.69, 9.17) is 0 Å². The zero-order valence-corrected chi connectivity index (χ0v) is 8.07. The maximum absolute atomic E-state index is 11.8. The monoisotopic (exact) mass is 231 g/mol. The van der Waals surface area contributed by atoms with Gasteiger partial charge in [-0.25, -0.2) is 0 Å². The molecule has 0 saturated heterocycles. The summed E-state index contributed by atoms with van der Waals surface area (Å²) in [5.41, 5.74) is 0.405. The molecule has 3 nitrogen and oxygen atoms in total. The second kappa shape index (κ2) is 4.78. The molecule has 16 heavy (non-hydrogen) atoms. The van der Waals surface area contributed by atoms with Crippen molar-refractivity contribution >= 4 is 11.8 Å². The van der Waals surface area contributed by atoms with Crippen molar-refractivity contribution < 1.29 is 18.1 Å². The average Bonchev–Trinajstić information content (AvgIpc) is 2.16. The first-order valence-electron chi connectivity index (χ1n) is 4.36. The molecule has 1 aromatic rings. The van der Waals surface area contributed by atoms with Crippen molar-refractivity contribution in [1.29, 1.82) is 0 Å². The number of non-ortho nitro benzene ring substituents is 1. The van der Waals surface area contributed by atoms with E-state index in [-0.39, 0.29) is 5.69 Å². The van der Waals surface area contributed by atoms with Gasteiger partial charge >= 0.3 is 6.18 Å². The Hall–Kier alpha value is -1.85. The fourth-order valence-corrected chi connectivity index (χ4v) is 1.04. The zero-order valence-electron chi connectivity index (χ0n) is 8.07. The molecule has 0 aliphatic heterocycles. The lowest BCUT2D eigenvalue weighted by Gasteiger charge is -2.00. The minimum atomic E-state index is -4.22. The summed E-state index contributed by atoms with van der Waals surface area (Å²) in [5, 5.41) is 10.3. The van der Waals surface area contributed by atoms with E-state index < -0.39 is 17.5 Å². The summed E-state index contributed by atoms with van der Waals surface area (Å²) in [5.74, 6) is 0. The van der Waals surface area contributed by atoms with Crippen LogP contribution in [0.15, 0.2) is 30.3 Å². The Kier molecular flexibility index (Phi) is 3.65. The van der Waals surface area contributed by atoms with E-state index in [0.29, 0.717) is 5.56 Å². The number of nitrogens with zero attached hydrogens (tertiary/aromatic N) is 1. The van der Waals surface area contributed by atoms with Crippen molar-refractivity contribution in [3.05, 3.63) is 46.0 Å². The molecule has 0 radical (unpaired) electrons. The Morgan fingerprint density at radius 1 is 1.25 bits per heavy atom. The van der Waals surface area contributed by atoms with Crippen LogP contribution in [0.2, 0.25) is 0 Å². The predicted octanol–water partition coefficient (Wildman–Crippen LogP) is 3.56. The molecule has 0 N–H and O–H groups in total. The average molecular weight is 231 g/mol. The number of hydrogen-bond donors (Lipinski definition) is 0.